The maximum Gasteiger partial charge on any atom is 0.416 e. The number of benzene rings is 1. The fourth-order valence-corrected chi connectivity index (χ4v) is 4.65. The van der Waals surface area contributed by atoms with Gasteiger partial charge in [0.2, 0.25) is 0 Å². The number of nitrogens with zero attached hydrogens (tertiary/aromatic N) is 5. The van der Waals surface area contributed by atoms with E-state index >= 15 is 0 Å². The van der Waals surface area contributed by atoms with E-state index in [1.807, 2.05) is 6.92 Å². The Morgan fingerprint density at radius 2 is 1.65 bits per heavy atom. The number of rotatable bonds is 7. The molecule has 0 atom stereocenters. The van der Waals surface area contributed by atoms with Crippen LogP contribution < -0.4 is 10.2 Å². The van der Waals surface area contributed by atoms with Crippen molar-refractivity contribution in [2.24, 2.45) is 0 Å². The van der Waals surface area contributed by atoms with Crippen molar-refractivity contribution in [1.82, 2.24) is 25.1 Å². The Hall–Kier alpha value is -3.03. The second-order valence-electron chi connectivity index (χ2n) is 8.47. The molecule has 200 valence electrons. The monoisotopic (exact) mass is 546 g/mol. The van der Waals surface area contributed by atoms with E-state index in [2.05, 4.69) is 20.3 Å². The molecule has 14 heteroatoms. The molecular weight excluding hydrogens is 522 g/mol. The molecule has 1 aromatic carbocycles. The molecule has 0 saturated carbocycles. The predicted octanol–water partition coefficient (Wildman–Crippen LogP) is 5.40. The third-order valence-electron chi connectivity index (χ3n) is 5.84. The van der Waals surface area contributed by atoms with Gasteiger partial charge in [0, 0.05) is 25.2 Å². The number of hydrogen-bond acceptors (Lipinski definition) is 6. The summed E-state index contributed by atoms with van der Waals surface area (Å²) < 4.78 is 80.2. The van der Waals surface area contributed by atoms with E-state index < -0.39 is 35.0 Å². The zero-order chi connectivity index (χ0) is 26.8. The summed E-state index contributed by atoms with van der Waals surface area (Å²) in [6.45, 7) is 3.71. The van der Waals surface area contributed by atoms with Crippen LogP contribution in [-0.4, -0.2) is 51.0 Å². The van der Waals surface area contributed by atoms with Gasteiger partial charge in [-0.05, 0) is 43.2 Å². The molecular formula is C23H24F6N6OS. The topological polar surface area (TPSA) is 75.9 Å². The third-order valence-corrected chi connectivity index (χ3v) is 6.57. The molecule has 0 bridgehead atoms. The normalized spacial score (nSPS) is 14.8. The maximum atomic E-state index is 13.1. The summed E-state index contributed by atoms with van der Waals surface area (Å²) >= 11 is 1.47. The molecule has 3 heterocycles. The van der Waals surface area contributed by atoms with Gasteiger partial charge in [-0.15, -0.1) is 0 Å². The van der Waals surface area contributed by atoms with Gasteiger partial charge in [0.15, 0.2) is 10.8 Å². The fourth-order valence-electron chi connectivity index (χ4n) is 4.09. The van der Waals surface area contributed by atoms with Crippen LogP contribution in [0.25, 0.3) is 11.0 Å². The molecule has 1 amide bonds. The van der Waals surface area contributed by atoms with Gasteiger partial charge in [-0.25, -0.2) is 14.6 Å². The Morgan fingerprint density at radius 3 is 2.24 bits per heavy atom. The van der Waals surface area contributed by atoms with Crippen LogP contribution in [-0.2, 0) is 18.9 Å². The first-order chi connectivity index (χ1) is 17.5. The van der Waals surface area contributed by atoms with Crippen molar-refractivity contribution in [1.29, 1.82) is 0 Å². The molecule has 37 heavy (non-hydrogen) atoms. The van der Waals surface area contributed by atoms with Gasteiger partial charge in [0.05, 0.1) is 29.3 Å². The van der Waals surface area contributed by atoms with Gasteiger partial charge in [0.25, 0.3) is 5.91 Å². The maximum absolute atomic E-state index is 13.1. The number of halogens is 6. The molecule has 0 radical (unpaired) electrons. The Kier molecular flexibility index (Phi) is 7.85. The molecule has 0 aliphatic carbocycles. The van der Waals surface area contributed by atoms with Crippen LogP contribution in [0.15, 0.2) is 29.6 Å². The molecule has 3 aromatic rings. The summed E-state index contributed by atoms with van der Waals surface area (Å²) in [5, 5.41) is 8.04. The van der Waals surface area contributed by atoms with Crippen LogP contribution >= 0.6 is 11.8 Å². The van der Waals surface area contributed by atoms with E-state index in [0.717, 1.165) is 49.3 Å². The van der Waals surface area contributed by atoms with E-state index in [0.29, 0.717) is 22.9 Å². The molecule has 4 rings (SSSR count). The Balaban J connectivity index is 1.54. The first kappa shape index (κ1) is 27.0. The van der Waals surface area contributed by atoms with Crippen LogP contribution in [0.2, 0.25) is 0 Å². The molecule has 1 N–H and O–H groups in total. The standard InChI is InChI=1S/C23H24F6N6OS/c1-2-37-21-32-18(34-7-4-3-5-8-34)17-13-31-35(19(17)33-21)9-6-30-20(36)14-10-15(22(24,25)26)12-16(11-14)23(27,28)29/h10-13H,2-9H2,1H3,(H,30,36). The molecule has 1 saturated heterocycles. The van der Waals surface area contributed by atoms with Crippen LogP contribution in [0.4, 0.5) is 32.2 Å². The fraction of sp³-hybridized carbons (Fsp3) is 0.478. The number of amides is 1. The zero-order valence-electron chi connectivity index (χ0n) is 19.8. The average Bonchev–Trinajstić information content (AvgIpc) is 3.25. The number of fused-ring (bicyclic) bond motifs is 1. The van der Waals surface area contributed by atoms with Crippen molar-refractivity contribution in [3.8, 4) is 0 Å². The zero-order valence-corrected chi connectivity index (χ0v) is 20.6. The molecule has 1 aliphatic heterocycles. The van der Waals surface area contributed by atoms with Crippen molar-refractivity contribution >= 4 is 34.5 Å². The summed E-state index contributed by atoms with van der Waals surface area (Å²) in [5.41, 5.74) is -3.29. The van der Waals surface area contributed by atoms with Crippen molar-refractivity contribution < 1.29 is 31.1 Å². The largest absolute Gasteiger partial charge is 0.416 e. The van der Waals surface area contributed by atoms with Gasteiger partial charge < -0.3 is 10.2 Å². The number of anilines is 1. The number of alkyl halides is 6. The lowest BCUT2D eigenvalue weighted by molar-refractivity contribution is -0.143. The van der Waals surface area contributed by atoms with Gasteiger partial charge in [-0.2, -0.15) is 31.4 Å². The SMILES string of the molecule is CCSc1nc(N2CCCCC2)c2cnn(CCNC(=O)c3cc(C(F)(F)F)cc(C(F)(F)F)c3)c2n1. The first-order valence-electron chi connectivity index (χ1n) is 11.7. The molecule has 0 unspecified atom stereocenters. The number of aromatic nitrogens is 4. The summed E-state index contributed by atoms with van der Waals surface area (Å²) in [6.07, 6.45) is -5.20. The summed E-state index contributed by atoms with van der Waals surface area (Å²) in [4.78, 5) is 24.0. The molecule has 1 aliphatic rings. The number of thioether (sulfide) groups is 1. The van der Waals surface area contributed by atoms with Crippen molar-refractivity contribution in [3.05, 3.63) is 41.1 Å². The van der Waals surface area contributed by atoms with E-state index in [4.69, 9.17) is 4.98 Å². The first-order valence-corrected chi connectivity index (χ1v) is 12.6. The van der Waals surface area contributed by atoms with Crippen molar-refractivity contribution in [2.75, 3.05) is 30.3 Å². The van der Waals surface area contributed by atoms with E-state index in [9.17, 15) is 31.1 Å². The van der Waals surface area contributed by atoms with E-state index in [1.54, 1.807) is 6.20 Å². The van der Waals surface area contributed by atoms with Crippen LogP contribution in [0.1, 0.15) is 47.7 Å². The summed E-state index contributed by atoms with van der Waals surface area (Å²) in [6, 6.07) is 0.790. The minimum atomic E-state index is -5.04. The number of carbonyl (C=O) groups excluding carboxylic acids is 1. The number of piperidine rings is 1. The Labute approximate surface area is 212 Å². The minimum absolute atomic E-state index is 0.0157. The van der Waals surface area contributed by atoms with Crippen LogP contribution in [0.3, 0.4) is 0 Å². The smallest absolute Gasteiger partial charge is 0.356 e. The lowest BCUT2D eigenvalue weighted by Gasteiger charge is -2.28. The second-order valence-corrected chi connectivity index (χ2v) is 9.70. The summed E-state index contributed by atoms with van der Waals surface area (Å²) in [7, 11) is 0. The highest BCUT2D eigenvalue weighted by Crippen LogP contribution is 2.36. The quantitative estimate of drug-likeness (QED) is 0.243. The highest BCUT2D eigenvalue weighted by atomic mass is 32.2. The number of carbonyl (C=O) groups is 1. The van der Waals surface area contributed by atoms with E-state index in [1.165, 1.54) is 16.4 Å². The lowest BCUT2D eigenvalue weighted by Crippen LogP contribution is -2.30. The Morgan fingerprint density at radius 1 is 1.00 bits per heavy atom. The highest BCUT2D eigenvalue weighted by molar-refractivity contribution is 7.99. The van der Waals surface area contributed by atoms with Crippen molar-refractivity contribution in [3.63, 3.8) is 0 Å². The average molecular weight is 547 g/mol. The van der Waals surface area contributed by atoms with Crippen LogP contribution in [0.5, 0.6) is 0 Å². The summed E-state index contributed by atoms with van der Waals surface area (Å²) in [5.74, 6) is 0.477. The lowest BCUT2D eigenvalue weighted by atomic mass is 10.0. The number of hydrogen-bond donors (Lipinski definition) is 1. The number of nitrogens with one attached hydrogen (secondary N) is 1. The predicted molar refractivity (Wildman–Crippen MR) is 127 cm³/mol. The Bertz CT molecular complexity index is 1240. The molecule has 2 aromatic heterocycles. The van der Waals surface area contributed by atoms with Gasteiger partial charge >= 0.3 is 12.4 Å². The van der Waals surface area contributed by atoms with Gasteiger partial charge in [-0.3, -0.25) is 4.79 Å². The molecule has 0 spiro atoms. The van der Waals surface area contributed by atoms with Crippen molar-refractivity contribution in [2.45, 2.75) is 50.2 Å². The van der Waals surface area contributed by atoms with Gasteiger partial charge in [0.1, 0.15) is 5.82 Å². The molecule has 7 nitrogen and oxygen atoms in total. The highest BCUT2D eigenvalue weighted by Gasteiger charge is 2.37. The molecule has 1 fully saturated rings. The third kappa shape index (κ3) is 6.28. The second kappa shape index (κ2) is 10.8. The van der Waals surface area contributed by atoms with E-state index in [-0.39, 0.29) is 19.2 Å². The minimum Gasteiger partial charge on any atom is -0.356 e. The van der Waals surface area contributed by atoms with Crippen LogP contribution in [0, 0.1) is 0 Å². The van der Waals surface area contributed by atoms with Gasteiger partial charge in [-0.1, -0.05) is 18.7 Å².